The molecule has 3 nitrogen and oxygen atoms in total. The van der Waals surface area contributed by atoms with E-state index >= 15 is 0 Å². The molecule has 88 valence electrons. The van der Waals surface area contributed by atoms with Crippen LogP contribution in [0.2, 0.25) is 0 Å². The van der Waals surface area contributed by atoms with E-state index in [1.165, 1.54) is 0 Å². The summed E-state index contributed by atoms with van der Waals surface area (Å²) in [7, 11) is 0. The fourth-order valence-electron chi connectivity index (χ4n) is 2.02. The molecule has 0 amide bonds. The summed E-state index contributed by atoms with van der Waals surface area (Å²) in [5, 5.41) is 3.34. The SMILES string of the molecule is CCCOC(=O)C(C)(C)C1CCCNC1. The first kappa shape index (κ1) is 12.5. The van der Waals surface area contributed by atoms with Gasteiger partial charge in [0, 0.05) is 0 Å². The summed E-state index contributed by atoms with van der Waals surface area (Å²) < 4.78 is 5.24. The molecule has 0 aliphatic carbocycles. The molecule has 1 fully saturated rings. The van der Waals surface area contributed by atoms with Crippen molar-refractivity contribution >= 4 is 5.97 Å². The maximum Gasteiger partial charge on any atom is 0.311 e. The van der Waals surface area contributed by atoms with E-state index in [4.69, 9.17) is 4.74 Å². The van der Waals surface area contributed by atoms with Gasteiger partial charge in [0.1, 0.15) is 0 Å². The first-order chi connectivity index (χ1) is 7.09. The van der Waals surface area contributed by atoms with E-state index in [9.17, 15) is 4.79 Å². The quantitative estimate of drug-likeness (QED) is 0.726. The van der Waals surface area contributed by atoms with Crippen LogP contribution < -0.4 is 5.32 Å². The Balaban J connectivity index is 2.51. The Bertz CT molecular complexity index is 208. The van der Waals surface area contributed by atoms with Crippen LogP contribution in [0.5, 0.6) is 0 Å². The van der Waals surface area contributed by atoms with Crippen molar-refractivity contribution < 1.29 is 9.53 Å². The van der Waals surface area contributed by atoms with Gasteiger partial charge in [-0.25, -0.2) is 0 Å². The molecule has 1 atom stereocenters. The zero-order valence-electron chi connectivity index (χ0n) is 10.1. The van der Waals surface area contributed by atoms with E-state index in [1.54, 1.807) is 0 Å². The van der Waals surface area contributed by atoms with Crippen LogP contribution in [0.25, 0.3) is 0 Å². The molecule has 1 rings (SSSR count). The number of piperidine rings is 1. The first-order valence-electron chi connectivity index (χ1n) is 5.97. The van der Waals surface area contributed by atoms with Crippen LogP contribution in [0, 0.1) is 11.3 Å². The Labute approximate surface area is 92.6 Å². The Hall–Kier alpha value is -0.570. The summed E-state index contributed by atoms with van der Waals surface area (Å²) >= 11 is 0. The van der Waals surface area contributed by atoms with Crippen molar-refractivity contribution in [3.05, 3.63) is 0 Å². The molecule has 1 aliphatic heterocycles. The van der Waals surface area contributed by atoms with Gasteiger partial charge in [-0.05, 0) is 52.1 Å². The van der Waals surface area contributed by atoms with Crippen LogP contribution in [-0.2, 0) is 9.53 Å². The Morgan fingerprint density at radius 1 is 1.53 bits per heavy atom. The van der Waals surface area contributed by atoms with E-state index in [-0.39, 0.29) is 11.4 Å². The van der Waals surface area contributed by atoms with Crippen molar-refractivity contribution in [3.63, 3.8) is 0 Å². The third-order valence-electron chi connectivity index (χ3n) is 3.28. The molecular formula is C12H23NO2. The first-order valence-corrected chi connectivity index (χ1v) is 5.97. The number of esters is 1. The minimum absolute atomic E-state index is 0.0435. The van der Waals surface area contributed by atoms with Crippen molar-refractivity contribution in [2.75, 3.05) is 19.7 Å². The molecule has 0 bridgehead atoms. The highest BCUT2D eigenvalue weighted by atomic mass is 16.5. The lowest BCUT2D eigenvalue weighted by atomic mass is 9.75. The normalized spacial score (nSPS) is 22.5. The number of hydrogen-bond donors (Lipinski definition) is 1. The maximum atomic E-state index is 11.9. The van der Waals surface area contributed by atoms with Gasteiger partial charge in [-0.15, -0.1) is 0 Å². The number of ether oxygens (including phenoxy) is 1. The van der Waals surface area contributed by atoms with Crippen LogP contribution in [0.3, 0.4) is 0 Å². The second kappa shape index (κ2) is 5.50. The molecule has 1 N–H and O–H groups in total. The summed E-state index contributed by atoms with van der Waals surface area (Å²) in [5.41, 5.74) is -0.345. The monoisotopic (exact) mass is 213 g/mol. The second-order valence-electron chi connectivity index (χ2n) is 4.90. The third kappa shape index (κ3) is 3.20. The second-order valence-corrected chi connectivity index (χ2v) is 4.90. The van der Waals surface area contributed by atoms with Gasteiger partial charge in [0.15, 0.2) is 0 Å². The van der Waals surface area contributed by atoms with Crippen molar-refractivity contribution in [2.24, 2.45) is 11.3 Å². The largest absolute Gasteiger partial charge is 0.465 e. The smallest absolute Gasteiger partial charge is 0.311 e. The standard InChI is InChI=1S/C12H23NO2/c1-4-8-15-11(14)12(2,3)10-6-5-7-13-9-10/h10,13H,4-9H2,1-3H3. The number of hydrogen-bond acceptors (Lipinski definition) is 3. The van der Waals surface area contributed by atoms with Gasteiger partial charge >= 0.3 is 5.97 Å². The average Bonchev–Trinajstić information content (AvgIpc) is 2.27. The molecule has 1 saturated heterocycles. The number of rotatable bonds is 4. The zero-order valence-corrected chi connectivity index (χ0v) is 10.1. The molecule has 0 aromatic carbocycles. The van der Waals surface area contributed by atoms with E-state index < -0.39 is 0 Å². The molecule has 0 aromatic rings. The van der Waals surface area contributed by atoms with Crippen molar-refractivity contribution in [1.29, 1.82) is 0 Å². The average molecular weight is 213 g/mol. The minimum Gasteiger partial charge on any atom is -0.465 e. The lowest BCUT2D eigenvalue weighted by molar-refractivity contribution is -0.157. The van der Waals surface area contributed by atoms with Gasteiger partial charge in [0.05, 0.1) is 12.0 Å². The van der Waals surface area contributed by atoms with Crippen molar-refractivity contribution in [2.45, 2.75) is 40.0 Å². The maximum absolute atomic E-state index is 11.9. The molecule has 1 aliphatic rings. The van der Waals surface area contributed by atoms with Gasteiger partial charge in [0.2, 0.25) is 0 Å². The highest BCUT2D eigenvalue weighted by Crippen LogP contribution is 2.32. The fraction of sp³-hybridized carbons (Fsp3) is 0.917. The molecule has 3 heteroatoms. The Kier molecular flexibility index (Phi) is 4.58. The molecule has 15 heavy (non-hydrogen) atoms. The van der Waals surface area contributed by atoms with Gasteiger partial charge in [-0.1, -0.05) is 6.92 Å². The van der Waals surface area contributed by atoms with Gasteiger partial charge < -0.3 is 10.1 Å². The van der Waals surface area contributed by atoms with E-state index in [1.807, 2.05) is 20.8 Å². The Morgan fingerprint density at radius 3 is 2.80 bits per heavy atom. The zero-order chi connectivity index (χ0) is 11.3. The topological polar surface area (TPSA) is 38.3 Å². The van der Waals surface area contributed by atoms with Crippen molar-refractivity contribution in [1.82, 2.24) is 5.32 Å². The summed E-state index contributed by atoms with van der Waals surface area (Å²) in [6, 6.07) is 0. The number of carbonyl (C=O) groups excluding carboxylic acids is 1. The summed E-state index contributed by atoms with van der Waals surface area (Å²) in [6.45, 7) is 8.58. The summed E-state index contributed by atoms with van der Waals surface area (Å²) in [6.07, 6.45) is 3.18. The van der Waals surface area contributed by atoms with Crippen LogP contribution in [0.15, 0.2) is 0 Å². The van der Waals surface area contributed by atoms with E-state index in [0.717, 1.165) is 32.4 Å². The van der Waals surface area contributed by atoms with Crippen LogP contribution >= 0.6 is 0 Å². The lowest BCUT2D eigenvalue weighted by Crippen LogP contribution is -2.43. The molecule has 0 spiro atoms. The van der Waals surface area contributed by atoms with Gasteiger partial charge in [-0.2, -0.15) is 0 Å². The molecule has 0 radical (unpaired) electrons. The van der Waals surface area contributed by atoms with E-state index in [0.29, 0.717) is 12.5 Å². The van der Waals surface area contributed by atoms with Crippen LogP contribution in [0.1, 0.15) is 40.0 Å². The minimum atomic E-state index is -0.345. The van der Waals surface area contributed by atoms with Gasteiger partial charge in [0.25, 0.3) is 0 Å². The highest BCUT2D eigenvalue weighted by Gasteiger charge is 2.38. The molecule has 1 heterocycles. The van der Waals surface area contributed by atoms with E-state index in [2.05, 4.69) is 5.32 Å². The van der Waals surface area contributed by atoms with Gasteiger partial charge in [-0.3, -0.25) is 4.79 Å². The van der Waals surface area contributed by atoms with Crippen LogP contribution in [-0.4, -0.2) is 25.7 Å². The molecule has 0 saturated carbocycles. The van der Waals surface area contributed by atoms with Crippen LogP contribution in [0.4, 0.5) is 0 Å². The molecule has 1 unspecified atom stereocenters. The lowest BCUT2D eigenvalue weighted by Gasteiger charge is -2.35. The number of nitrogens with one attached hydrogen (secondary N) is 1. The highest BCUT2D eigenvalue weighted by molar-refractivity contribution is 5.76. The fourth-order valence-corrected chi connectivity index (χ4v) is 2.02. The summed E-state index contributed by atoms with van der Waals surface area (Å²) in [4.78, 5) is 11.9. The third-order valence-corrected chi connectivity index (χ3v) is 3.28. The van der Waals surface area contributed by atoms with Crippen molar-refractivity contribution in [3.8, 4) is 0 Å². The number of carbonyl (C=O) groups is 1. The predicted molar refractivity (Wildman–Crippen MR) is 60.6 cm³/mol. The predicted octanol–water partition coefficient (Wildman–Crippen LogP) is 1.97. The molecule has 0 aromatic heterocycles. The molecular weight excluding hydrogens is 190 g/mol. The summed E-state index contributed by atoms with van der Waals surface area (Å²) in [5.74, 6) is 0.369. The Morgan fingerprint density at radius 2 is 2.27 bits per heavy atom.